The second-order valence-electron chi connectivity index (χ2n) is 7.00. The highest BCUT2D eigenvalue weighted by atomic mass is 16.6. The highest BCUT2D eigenvalue weighted by Crippen LogP contribution is 2.31. The van der Waals surface area contributed by atoms with Gasteiger partial charge in [-0.2, -0.15) is 0 Å². The zero-order chi connectivity index (χ0) is 19.2. The number of esters is 1. The maximum Gasteiger partial charge on any atom is 0.308 e. The largest absolute Gasteiger partial charge is 0.486 e. The maximum atomic E-state index is 12.6. The van der Waals surface area contributed by atoms with Crippen LogP contribution in [0.4, 0.5) is 0 Å². The highest BCUT2D eigenvalue weighted by molar-refractivity contribution is 5.79. The number of likely N-dealkylation sites (tertiary alicyclic amines) is 1. The second-order valence-corrected chi connectivity index (χ2v) is 7.00. The first-order chi connectivity index (χ1) is 13.1. The Morgan fingerprint density at radius 2 is 1.93 bits per heavy atom. The number of para-hydroxylation sites is 2. The summed E-state index contributed by atoms with van der Waals surface area (Å²) >= 11 is 0. The molecule has 1 fully saturated rings. The Kier molecular flexibility index (Phi) is 6.55. The zero-order valence-electron chi connectivity index (χ0n) is 16.1. The summed E-state index contributed by atoms with van der Waals surface area (Å²) in [7, 11) is 1.41. The molecule has 7 heteroatoms. The van der Waals surface area contributed by atoms with Crippen molar-refractivity contribution < 1.29 is 23.8 Å². The quantitative estimate of drug-likeness (QED) is 0.702. The standard InChI is InChI=1S/C20H28N2O5/c1-3-21(12-16-14-26-17-6-4-5-7-18(17)27-16)13-19(23)22-10-8-15(9-11-22)20(24)25-2/h4-7,15-16H,3,8-14H2,1-2H3. The van der Waals surface area contributed by atoms with Crippen LogP contribution in [-0.2, 0) is 14.3 Å². The summed E-state index contributed by atoms with van der Waals surface area (Å²) in [5, 5.41) is 0. The number of amides is 1. The van der Waals surface area contributed by atoms with Crippen molar-refractivity contribution in [1.29, 1.82) is 0 Å². The Bertz CT molecular complexity index is 658. The first kappa shape index (κ1) is 19.5. The molecule has 1 amide bonds. The van der Waals surface area contributed by atoms with Gasteiger partial charge in [0, 0.05) is 19.6 Å². The molecule has 0 spiro atoms. The predicted octanol–water partition coefficient (Wildman–Crippen LogP) is 1.56. The number of fused-ring (bicyclic) bond motifs is 1. The maximum absolute atomic E-state index is 12.6. The molecule has 0 saturated carbocycles. The molecule has 0 aliphatic carbocycles. The minimum absolute atomic E-state index is 0.0887. The van der Waals surface area contributed by atoms with Gasteiger partial charge in [0.15, 0.2) is 11.5 Å². The van der Waals surface area contributed by atoms with E-state index >= 15 is 0 Å². The van der Waals surface area contributed by atoms with Crippen LogP contribution in [0.3, 0.4) is 0 Å². The summed E-state index contributed by atoms with van der Waals surface area (Å²) in [6.45, 7) is 5.46. The number of carbonyl (C=O) groups is 2. The zero-order valence-corrected chi connectivity index (χ0v) is 16.1. The Balaban J connectivity index is 1.48. The van der Waals surface area contributed by atoms with Crippen LogP contribution in [0, 0.1) is 5.92 Å². The van der Waals surface area contributed by atoms with E-state index in [1.807, 2.05) is 36.1 Å². The number of rotatable bonds is 6. The van der Waals surface area contributed by atoms with Crippen LogP contribution in [0.25, 0.3) is 0 Å². The monoisotopic (exact) mass is 376 g/mol. The Morgan fingerprint density at radius 3 is 2.59 bits per heavy atom. The van der Waals surface area contributed by atoms with E-state index < -0.39 is 0 Å². The van der Waals surface area contributed by atoms with Gasteiger partial charge < -0.3 is 19.1 Å². The van der Waals surface area contributed by atoms with E-state index in [-0.39, 0.29) is 23.9 Å². The van der Waals surface area contributed by atoms with E-state index in [1.165, 1.54) is 7.11 Å². The SMILES string of the molecule is CCN(CC(=O)N1CCC(C(=O)OC)CC1)CC1COc2ccccc2O1. The van der Waals surface area contributed by atoms with E-state index in [2.05, 4.69) is 4.90 Å². The van der Waals surface area contributed by atoms with Crippen LogP contribution in [0.2, 0.25) is 0 Å². The molecule has 1 aromatic rings. The minimum atomic E-state index is -0.174. The first-order valence-corrected chi connectivity index (χ1v) is 9.57. The van der Waals surface area contributed by atoms with Crippen LogP contribution in [0.15, 0.2) is 24.3 Å². The summed E-state index contributed by atoms with van der Waals surface area (Å²) in [4.78, 5) is 28.2. The van der Waals surface area contributed by atoms with Crippen molar-refractivity contribution in [3.05, 3.63) is 24.3 Å². The molecule has 1 aromatic carbocycles. The Morgan fingerprint density at radius 1 is 1.22 bits per heavy atom. The summed E-state index contributed by atoms with van der Waals surface area (Å²) in [6.07, 6.45) is 1.24. The Labute approximate surface area is 160 Å². The molecular weight excluding hydrogens is 348 g/mol. The molecule has 1 atom stereocenters. The van der Waals surface area contributed by atoms with Crippen molar-refractivity contribution in [3.8, 4) is 11.5 Å². The fraction of sp³-hybridized carbons (Fsp3) is 0.600. The van der Waals surface area contributed by atoms with E-state index in [9.17, 15) is 9.59 Å². The van der Waals surface area contributed by atoms with Gasteiger partial charge in [0.1, 0.15) is 12.7 Å². The number of likely N-dealkylation sites (N-methyl/N-ethyl adjacent to an activating group) is 1. The summed E-state index contributed by atoms with van der Waals surface area (Å²) in [5.41, 5.74) is 0. The van der Waals surface area contributed by atoms with Gasteiger partial charge in [0.25, 0.3) is 0 Å². The number of hydrogen-bond donors (Lipinski definition) is 0. The molecule has 2 aliphatic heterocycles. The van der Waals surface area contributed by atoms with Crippen LogP contribution in [0.5, 0.6) is 11.5 Å². The lowest BCUT2D eigenvalue weighted by atomic mass is 9.97. The molecule has 2 heterocycles. The third-order valence-electron chi connectivity index (χ3n) is 5.22. The van der Waals surface area contributed by atoms with E-state index in [1.54, 1.807) is 0 Å². The molecule has 27 heavy (non-hydrogen) atoms. The lowest BCUT2D eigenvalue weighted by Gasteiger charge is -2.34. The predicted molar refractivity (Wildman–Crippen MR) is 99.8 cm³/mol. The second kappa shape index (κ2) is 9.08. The van der Waals surface area contributed by atoms with Gasteiger partial charge in [0.05, 0.1) is 19.6 Å². The number of hydrogen-bond acceptors (Lipinski definition) is 6. The topological polar surface area (TPSA) is 68.3 Å². The molecule has 1 saturated heterocycles. The number of piperidine rings is 1. The van der Waals surface area contributed by atoms with Crippen LogP contribution in [0.1, 0.15) is 19.8 Å². The van der Waals surface area contributed by atoms with Gasteiger partial charge in [-0.3, -0.25) is 14.5 Å². The molecule has 1 unspecified atom stereocenters. The average Bonchev–Trinajstić information content (AvgIpc) is 2.72. The molecule has 3 rings (SSSR count). The van der Waals surface area contributed by atoms with Gasteiger partial charge in [-0.05, 0) is 31.5 Å². The van der Waals surface area contributed by atoms with Gasteiger partial charge >= 0.3 is 5.97 Å². The molecule has 7 nitrogen and oxygen atoms in total. The third kappa shape index (κ3) is 4.91. The molecule has 0 radical (unpaired) electrons. The summed E-state index contributed by atoms with van der Waals surface area (Å²) in [6, 6.07) is 7.63. The third-order valence-corrected chi connectivity index (χ3v) is 5.22. The average molecular weight is 376 g/mol. The Hall–Kier alpha value is -2.28. The fourth-order valence-corrected chi connectivity index (χ4v) is 3.57. The molecule has 148 valence electrons. The van der Waals surface area contributed by atoms with Crippen molar-refractivity contribution in [2.24, 2.45) is 5.92 Å². The van der Waals surface area contributed by atoms with E-state index in [4.69, 9.17) is 14.2 Å². The molecule has 2 aliphatic rings. The van der Waals surface area contributed by atoms with Crippen molar-refractivity contribution in [2.75, 3.05) is 46.4 Å². The highest BCUT2D eigenvalue weighted by Gasteiger charge is 2.29. The molecular formula is C20H28N2O5. The van der Waals surface area contributed by atoms with E-state index in [0.29, 0.717) is 45.6 Å². The van der Waals surface area contributed by atoms with Gasteiger partial charge in [-0.15, -0.1) is 0 Å². The lowest BCUT2D eigenvalue weighted by Crippen LogP contribution is -2.48. The number of carbonyl (C=O) groups excluding carboxylic acids is 2. The molecule has 0 bridgehead atoms. The number of ether oxygens (including phenoxy) is 3. The lowest BCUT2D eigenvalue weighted by molar-refractivity contribution is -0.149. The summed E-state index contributed by atoms with van der Waals surface area (Å²) < 4.78 is 16.6. The van der Waals surface area contributed by atoms with Crippen LogP contribution < -0.4 is 9.47 Å². The first-order valence-electron chi connectivity index (χ1n) is 9.57. The van der Waals surface area contributed by atoms with Crippen molar-refractivity contribution in [2.45, 2.75) is 25.9 Å². The van der Waals surface area contributed by atoms with Crippen molar-refractivity contribution >= 4 is 11.9 Å². The number of methoxy groups -OCH3 is 1. The molecule has 0 aromatic heterocycles. The summed E-state index contributed by atoms with van der Waals surface area (Å²) in [5.74, 6) is 1.35. The van der Waals surface area contributed by atoms with Gasteiger partial charge in [0.2, 0.25) is 5.91 Å². The number of nitrogens with zero attached hydrogens (tertiary/aromatic N) is 2. The minimum Gasteiger partial charge on any atom is -0.486 e. The van der Waals surface area contributed by atoms with E-state index in [0.717, 1.165) is 18.0 Å². The normalized spacial score (nSPS) is 19.8. The molecule has 0 N–H and O–H groups in total. The van der Waals surface area contributed by atoms with Crippen LogP contribution >= 0.6 is 0 Å². The van der Waals surface area contributed by atoms with Gasteiger partial charge in [-0.25, -0.2) is 0 Å². The van der Waals surface area contributed by atoms with Crippen LogP contribution in [-0.4, -0.2) is 74.2 Å². The number of benzene rings is 1. The van der Waals surface area contributed by atoms with Crippen molar-refractivity contribution in [1.82, 2.24) is 9.80 Å². The smallest absolute Gasteiger partial charge is 0.308 e. The fourth-order valence-electron chi connectivity index (χ4n) is 3.57. The van der Waals surface area contributed by atoms with Gasteiger partial charge in [-0.1, -0.05) is 19.1 Å². The van der Waals surface area contributed by atoms with Crippen molar-refractivity contribution in [3.63, 3.8) is 0 Å².